The maximum Gasteiger partial charge on any atom is 0.405 e. The predicted octanol–water partition coefficient (Wildman–Crippen LogP) is 3.55. The van der Waals surface area contributed by atoms with Crippen LogP contribution in [0.5, 0.6) is 0 Å². The number of aliphatic hydroxyl groups is 1. The smallest absolute Gasteiger partial charge is 0.405 e. The van der Waals surface area contributed by atoms with Gasteiger partial charge in [-0.25, -0.2) is 4.79 Å². The number of allylic oxidation sites excluding steroid dienone is 4. The molecule has 11 nitrogen and oxygen atoms in total. The van der Waals surface area contributed by atoms with Gasteiger partial charge in [0, 0.05) is 43.9 Å². The van der Waals surface area contributed by atoms with Crippen LogP contribution in [-0.4, -0.2) is 67.3 Å². The van der Waals surface area contributed by atoms with Crippen LogP contribution in [0, 0.1) is 11.8 Å². The van der Waals surface area contributed by atoms with Crippen LogP contribution in [-0.2, 0) is 35.1 Å². The van der Waals surface area contributed by atoms with E-state index in [2.05, 4.69) is 10.6 Å². The topological polar surface area (TPSA) is 166 Å². The van der Waals surface area contributed by atoms with Crippen molar-refractivity contribution in [1.82, 2.24) is 10.6 Å². The first-order valence-electron chi connectivity index (χ1n) is 15.2. The summed E-state index contributed by atoms with van der Waals surface area (Å²) in [5.41, 5.74) is 7.42. The Hall–Kier alpha value is -4.32. The van der Waals surface area contributed by atoms with Gasteiger partial charge in [-0.3, -0.25) is 14.4 Å². The van der Waals surface area contributed by atoms with Gasteiger partial charge in [0.05, 0.1) is 23.6 Å². The lowest BCUT2D eigenvalue weighted by Crippen LogP contribution is -2.37. The van der Waals surface area contributed by atoms with E-state index in [9.17, 15) is 24.3 Å². The SMILES string of the molecule is COC1/C=C\C=C(/C)C(=O)NC2=CC(=O)C(NCc3ccccc3)=C(C[C@@H](C)CC(OC)[C@H](O)[C@@H](C)/C=C(\C)C1OC(N)=O)C2=O. The second-order valence-electron chi connectivity index (χ2n) is 11.8. The van der Waals surface area contributed by atoms with Crippen molar-refractivity contribution in [1.29, 1.82) is 0 Å². The van der Waals surface area contributed by atoms with Gasteiger partial charge in [0.25, 0.3) is 5.91 Å². The van der Waals surface area contributed by atoms with Gasteiger partial charge in [-0.1, -0.05) is 68.5 Å². The highest BCUT2D eigenvalue weighted by atomic mass is 16.6. The zero-order chi connectivity index (χ0) is 34.0. The molecule has 2 bridgehead atoms. The molecule has 46 heavy (non-hydrogen) atoms. The number of hydrogen-bond donors (Lipinski definition) is 4. The molecule has 6 atom stereocenters. The number of fused-ring (bicyclic) bond motifs is 2. The van der Waals surface area contributed by atoms with Crippen LogP contribution in [0.15, 0.2) is 88.8 Å². The van der Waals surface area contributed by atoms with Gasteiger partial charge in [-0.05, 0) is 43.7 Å². The molecular weight excluding hydrogens is 590 g/mol. The van der Waals surface area contributed by atoms with Crippen LogP contribution in [0.2, 0.25) is 0 Å². The second-order valence-corrected chi connectivity index (χ2v) is 11.8. The van der Waals surface area contributed by atoms with E-state index in [0.717, 1.165) is 11.6 Å². The van der Waals surface area contributed by atoms with Gasteiger partial charge < -0.3 is 35.7 Å². The van der Waals surface area contributed by atoms with Crippen molar-refractivity contribution in [3.8, 4) is 0 Å². The minimum Gasteiger partial charge on any atom is -0.439 e. The molecule has 1 aromatic rings. The van der Waals surface area contributed by atoms with Crippen LogP contribution in [0.3, 0.4) is 0 Å². The first-order valence-corrected chi connectivity index (χ1v) is 15.2. The number of Topliss-reactive ketones (excluding diaryl/α,β-unsaturated/α-hetero) is 1. The Labute approximate surface area is 270 Å². The summed E-state index contributed by atoms with van der Waals surface area (Å²) in [4.78, 5) is 52.1. The van der Waals surface area contributed by atoms with Gasteiger partial charge >= 0.3 is 6.09 Å². The zero-order valence-electron chi connectivity index (χ0n) is 27.2. The predicted molar refractivity (Wildman–Crippen MR) is 173 cm³/mol. The Morgan fingerprint density at radius 1 is 1.09 bits per heavy atom. The number of amides is 2. The number of ketones is 2. The molecule has 0 aromatic heterocycles. The number of carbonyl (C=O) groups is 4. The van der Waals surface area contributed by atoms with Gasteiger partial charge in [0.1, 0.15) is 6.10 Å². The summed E-state index contributed by atoms with van der Waals surface area (Å²) in [6.07, 6.45) is 3.80. The normalized spacial score (nSPS) is 29.9. The van der Waals surface area contributed by atoms with E-state index in [1.165, 1.54) is 20.3 Å². The van der Waals surface area contributed by atoms with Crippen molar-refractivity contribution in [3.05, 3.63) is 94.4 Å². The molecule has 0 fully saturated rings. The zero-order valence-corrected chi connectivity index (χ0v) is 27.2. The van der Waals surface area contributed by atoms with E-state index in [4.69, 9.17) is 19.9 Å². The van der Waals surface area contributed by atoms with Crippen molar-refractivity contribution >= 4 is 23.6 Å². The number of ether oxygens (including phenoxy) is 3. The number of rotatable bonds is 6. The molecule has 5 N–H and O–H groups in total. The lowest BCUT2D eigenvalue weighted by molar-refractivity contribution is -0.120. The van der Waals surface area contributed by atoms with E-state index >= 15 is 0 Å². The molecule has 1 aliphatic carbocycles. The number of aliphatic hydroxyl groups excluding tert-OH is 1. The van der Waals surface area contributed by atoms with Crippen LogP contribution in [0.25, 0.3) is 0 Å². The van der Waals surface area contributed by atoms with Crippen molar-refractivity contribution < 1.29 is 38.5 Å². The van der Waals surface area contributed by atoms with Crippen LogP contribution in [0.4, 0.5) is 4.79 Å². The van der Waals surface area contributed by atoms with Gasteiger partial charge in [0.2, 0.25) is 11.6 Å². The monoisotopic (exact) mass is 635 g/mol. The molecule has 2 aliphatic rings. The lowest BCUT2D eigenvalue weighted by Gasteiger charge is -2.30. The lowest BCUT2D eigenvalue weighted by atomic mass is 9.85. The summed E-state index contributed by atoms with van der Waals surface area (Å²) in [5, 5.41) is 17.1. The van der Waals surface area contributed by atoms with E-state index in [-0.39, 0.29) is 34.9 Å². The minimum atomic E-state index is -1.000. The van der Waals surface area contributed by atoms with Crippen LogP contribution >= 0.6 is 0 Å². The average molecular weight is 636 g/mol. The summed E-state index contributed by atoms with van der Waals surface area (Å²) >= 11 is 0. The Morgan fingerprint density at radius 3 is 2.41 bits per heavy atom. The number of primary amides is 1. The molecular formula is C35H45N3O8. The third kappa shape index (κ3) is 9.59. The number of nitrogens with one attached hydrogen (secondary N) is 2. The van der Waals surface area contributed by atoms with Crippen LogP contribution < -0.4 is 16.4 Å². The molecule has 1 heterocycles. The fraction of sp³-hybridized carbons (Fsp3) is 0.429. The Bertz CT molecular complexity index is 1440. The Balaban J connectivity index is 2.06. The molecule has 1 aromatic carbocycles. The van der Waals surface area contributed by atoms with Gasteiger partial charge in [-0.2, -0.15) is 0 Å². The second kappa shape index (κ2) is 16.8. The highest BCUT2D eigenvalue weighted by Gasteiger charge is 2.33. The molecule has 3 rings (SSSR count). The summed E-state index contributed by atoms with van der Waals surface area (Å²) in [7, 11) is 2.93. The average Bonchev–Trinajstić information content (AvgIpc) is 3.02. The molecule has 1 aliphatic heterocycles. The molecule has 0 saturated heterocycles. The first-order chi connectivity index (χ1) is 21.9. The third-order valence-electron chi connectivity index (χ3n) is 8.11. The van der Waals surface area contributed by atoms with E-state index in [1.54, 1.807) is 32.1 Å². The van der Waals surface area contributed by atoms with Crippen molar-refractivity contribution in [2.24, 2.45) is 17.6 Å². The molecule has 0 saturated carbocycles. The number of carbonyl (C=O) groups excluding carboxylic acids is 4. The Morgan fingerprint density at radius 2 is 1.78 bits per heavy atom. The quantitative estimate of drug-likeness (QED) is 0.270. The first kappa shape index (κ1) is 36.2. The number of methoxy groups -OCH3 is 2. The highest BCUT2D eigenvalue weighted by Crippen LogP contribution is 2.29. The highest BCUT2D eigenvalue weighted by molar-refractivity contribution is 6.23. The van der Waals surface area contributed by atoms with Crippen LogP contribution in [0.1, 0.15) is 46.1 Å². The summed E-state index contributed by atoms with van der Waals surface area (Å²) in [6.45, 7) is 7.33. The fourth-order valence-corrected chi connectivity index (χ4v) is 5.56. The van der Waals surface area contributed by atoms with Gasteiger partial charge in [-0.15, -0.1) is 0 Å². The Kier molecular flexibility index (Phi) is 13.2. The summed E-state index contributed by atoms with van der Waals surface area (Å²) < 4.78 is 16.7. The summed E-state index contributed by atoms with van der Waals surface area (Å²) in [6, 6.07) is 9.48. The molecule has 2 amide bonds. The number of hydrogen-bond acceptors (Lipinski definition) is 9. The maximum absolute atomic E-state index is 13.8. The largest absolute Gasteiger partial charge is 0.439 e. The van der Waals surface area contributed by atoms with Gasteiger partial charge in [0.15, 0.2) is 6.10 Å². The number of benzene rings is 1. The van der Waals surface area contributed by atoms with E-state index in [0.29, 0.717) is 18.5 Å². The molecule has 0 radical (unpaired) electrons. The van der Waals surface area contributed by atoms with Crippen molar-refractivity contribution in [3.63, 3.8) is 0 Å². The fourth-order valence-electron chi connectivity index (χ4n) is 5.56. The van der Waals surface area contributed by atoms with E-state index < -0.39 is 53.9 Å². The molecule has 3 unspecified atom stereocenters. The molecule has 248 valence electrons. The molecule has 11 heteroatoms. The summed E-state index contributed by atoms with van der Waals surface area (Å²) in [5.74, 6) is -2.14. The van der Waals surface area contributed by atoms with Crippen molar-refractivity contribution in [2.45, 2.75) is 71.5 Å². The molecule has 0 spiro atoms. The standard InChI is InChI=1S/C35H45N3O8/c1-20-15-25-30(37-19-24-12-8-7-9-13-24)27(39)18-26(32(25)41)38-34(42)21(2)11-10-14-28(44-5)33(46-35(36)43)23(4)17-22(3)31(40)29(16-20)45-6/h7-14,17-18,20,22,28-29,31,33,37,40H,15-16,19H2,1-6H3,(H2,36,43)(H,38,42)/b14-10-,21-11+,23-17+/t20-,22+,28?,29?,31-,33?/m1/s1. The minimum absolute atomic E-state index is 0.126. The van der Waals surface area contributed by atoms with Crippen molar-refractivity contribution in [2.75, 3.05) is 14.2 Å². The maximum atomic E-state index is 13.8. The number of nitrogens with two attached hydrogens (primary N) is 1. The third-order valence-corrected chi connectivity index (χ3v) is 8.11. The van der Waals surface area contributed by atoms with E-state index in [1.807, 2.05) is 44.2 Å².